The van der Waals surface area contributed by atoms with Crippen molar-refractivity contribution in [3.8, 4) is 0 Å². The van der Waals surface area contributed by atoms with E-state index in [1.165, 1.54) is 10.5 Å². The minimum Gasteiger partial charge on any atom is -0.382 e. The van der Waals surface area contributed by atoms with Crippen molar-refractivity contribution in [3.63, 3.8) is 0 Å². The summed E-state index contributed by atoms with van der Waals surface area (Å²) in [5, 5.41) is 5.32. The Morgan fingerprint density at radius 3 is 2.79 bits per heavy atom. The first-order valence-electron chi connectivity index (χ1n) is 4.41. The van der Waals surface area contributed by atoms with E-state index in [0.717, 1.165) is 10.9 Å². The largest absolute Gasteiger partial charge is 0.382 e. The lowest BCUT2D eigenvalue weighted by Gasteiger charge is -2.03. The maximum Gasteiger partial charge on any atom is 0.153 e. The number of nitrogens with two attached hydrogens (primary N) is 1. The molecule has 1 aromatic carbocycles. The number of rotatable bonds is 1. The van der Waals surface area contributed by atoms with Gasteiger partial charge in [-0.3, -0.25) is 4.68 Å². The maximum atomic E-state index is 5.86. The molecular weight excluding hydrogens is 194 g/mol. The Morgan fingerprint density at radius 2 is 2.14 bits per heavy atom. The lowest BCUT2D eigenvalue weighted by atomic mass is 10.1. The summed E-state index contributed by atoms with van der Waals surface area (Å²) < 4.78 is 1.85. The predicted octanol–water partition coefficient (Wildman–Crippen LogP) is 2.19. The van der Waals surface area contributed by atoms with Crippen LogP contribution in [-0.2, 0) is 7.05 Å². The number of aromatic nitrogens is 2. The number of nitrogen functional groups attached to an aromatic ring is 1. The van der Waals surface area contributed by atoms with Crippen LogP contribution in [0.25, 0.3) is 10.9 Å². The number of fused-ring (bicyclic) bond motifs is 1. The van der Waals surface area contributed by atoms with E-state index in [1.807, 2.05) is 11.7 Å². The molecule has 0 unspecified atom stereocenters. The van der Waals surface area contributed by atoms with Gasteiger partial charge in [-0.1, -0.05) is 6.07 Å². The smallest absolute Gasteiger partial charge is 0.153 e. The van der Waals surface area contributed by atoms with E-state index in [4.69, 9.17) is 5.73 Å². The number of benzene rings is 1. The van der Waals surface area contributed by atoms with E-state index in [1.54, 1.807) is 11.8 Å². The molecule has 1 aromatic heterocycles. The van der Waals surface area contributed by atoms with Crippen LogP contribution in [0.5, 0.6) is 0 Å². The Kier molecular flexibility index (Phi) is 2.15. The summed E-state index contributed by atoms with van der Waals surface area (Å²) in [5.41, 5.74) is 8.18. The molecule has 4 heteroatoms. The van der Waals surface area contributed by atoms with Crippen LogP contribution in [0, 0.1) is 6.92 Å². The number of anilines is 1. The molecule has 0 atom stereocenters. The molecule has 0 aliphatic rings. The summed E-state index contributed by atoms with van der Waals surface area (Å²) in [6.45, 7) is 2.06. The molecule has 0 radical (unpaired) electrons. The van der Waals surface area contributed by atoms with Crippen molar-refractivity contribution in [2.45, 2.75) is 11.8 Å². The Bertz CT molecular complexity index is 488. The summed E-state index contributed by atoms with van der Waals surface area (Å²) in [5.74, 6) is 0.621. The molecule has 74 valence electrons. The molecule has 0 saturated carbocycles. The second kappa shape index (κ2) is 3.20. The fourth-order valence-corrected chi connectivity index (χ4v) is 2.38. The molecule has 2 N–H and O–H groups in total. The Labute approximate surface area is 87.3 Å². The van der Waals surface area contributed by atoms with E-state index in [2.05, 4.69) is 30.4 Å². The van der Waals surface area contributed by atoms with Gasteiger partial charge in [-0.2, -0.15) is 5.10 Å². The number of hydrogen-bond donors (Lipinski definition) is 1. The SMILES string of the molecule is CSc1ccc(C)c2c(N)nn(C)c12. The molecule has 0 fully saturated rings. The van der Waals surface area contributed by atoms with Gasteiger partial charge in [0.25, 0.3) is 0 Å². The first-order chi connectivity index (χ1) is 6.65. The molecular formula is C10H13N3S. The van der Waals surface area contributed by atoms with Crippen LogP contribution in [0.15, 0.2) is 17.0 Å². The molecule has 0 bridgehead atoms. The molecule has 2 aromatic rings. The van der Waals surface area contributed by atoms with Crippen LogP contribution < -0.4 is 5.73 Å². The van der Waals surface area contributed by atoms with Crippen molar-refractivity contribution in [2.24, 2.45) is 7.05 Å². The van der Waals surface area contributed by atoms with Crippen LogP contribution in [0.4, 0.5) is 5.82 Å². The first-order valence-corrected chi connectivity index (χ1v) is 5.63. The molecule has 0 spiro atoms. The average Bonchev–Trinajstić information content (AvgIpc) is 2.44. The molecule has 0 aliphatic carbocycles. The highest BCUT2D eigenvalue weighted by Gasteiger charge is 2.11. The second-order valence-corrected chi connectivity index (χ2v) is 4.17. The predicted molar refractivity (Wildman–Crippen MR) is 61.6 cm³/mol. The lowest BCUT2D eigenvalue weighted by Crippen LogP contribution is -1.92. The van der Waals surface area contributed by atoms with E-state index in [9.17, 15) is 0 Å². The first kappa shape index (κ1) is 9.40. The molecule has 3 nitrogen and oxygen atoms in total. The van der Waals surface area contributed by atoms with Crippen LogP contribution in [0.3, 0.4) is 0 Å². The highest BCUT2D eigenvalue weighted by Crippen LogP contribution is 2.31. The average molecular weight is 207 g/mol. The minimum absolute atomic E-state index is 0.621. The summed E-state index contributed by atoms with van der Waals surface area (Å²) in [7, 11) is 1.93. The molecule has 0 saturated heterocycles. The van der Waals surface area contributed by atoms with Gasteiger partial charge >= 0.3 is 0 Å². The molecule has 1 heterocycles. The number of nitrogens with zero attached hydrogens (tertiary/aromatic N) is 2. The van der Waals surface area contributed by atoms with Crippen LogP contribution in [0.2, 0.25) is 0 Å². The van der Waals surface area contributed by atoms with Crippen LogP contribution >= 0.6 is 11.8 Å². The van der Waals surface area contributed by atoms with E-state index < -0.39 is 0 Å². The third-order valence-electron chi connectivity index (χ3n) is 2.41. The Balaban J connectivity index is 2.94. The summed E-state index contributed by atoms with van der Waals surface area (Å²) in [6.07, 6.45) is 2.06. The van der Waals surface area contributed by atoms with Gasteiger partial charge in [0.15, 0.2) is 5.82 Å². The van der Waals surface area contributed by atoms with Gasteiger partial charge in [-0.05, 0) is 24.8 Å². The van der Waals surface area contributed by atoms with Crippen molar-refractivity contribution >= 4 is 28.5 Å². The third-order valence-corrected chi connectivity index (χ3v) is 3.18. The van der Waals surface area contributed by atoms with Crippen molar-refractivity contribution < 1.29 is 0 Å². The van der Waals surface area contributed by atoms with Crippen molar-refractivity contribution in [1.82, 2.24) is 9.78 Å². The van der Waals surface area contributed by atoms with E-state index >= 15 is 0 Å². The zero-order valence-corrected chi connectivity index (χ0v) is 9.35. The molecule has 0 amide bonds. The second-order valence-electron chi connectivity index (χ2n) is 3.32. The minimum atomic E-state index is 0.621. The number of aryl methyl sites for hydroxylation is 2. The van der Waals surface area contributed by atoms with Gasteiger partial charge < -0.3 is 5.73 Å². The summed E-state index contributed by atoms with van der Waals surface area (Å²) in [4.78, 5) is 1.22. The Morgan fingerprint density at radius 1 is 1.43 bits per heavy atom. The number of hydrogen-bond acceptors (Lipinski definition) is 3. The van der Waals surface area contributed by atoms with Crippen molar-refractivity contribution in [3.05, 3.63) is 17.7 Å². The van der Waals surface area contributed by atoms with Crippen molar-refractivity contribution in [1.29, 1.82) is 0 Å². The zero-order valence-electron chi connectivity index (χ0n) is 8.53. The lowest BCUT2D eigenvalue weighted by molar-refractivity contribution is 0.796. The fraction of sp³-hybridized carbons (Fsp3) is 0.300. The van der Waals surface area contributed by atoms with E-state index in [-0.39, 0.29) is 0 Å². The highest BCUT2D eigenvalue weighted by atomic mass is 32.2. The molecule has 2 rings (SSSR count). The van der Waals surface area contributed by atoms with Gasteiger partial charge in [-0.15, -0.1) is 11.8 Å². The highest BCUT2D eigenvalue weighted by molar-refractivity contribution is 7.98. The topological polar surface area (TPSA) is 43.8 Å². The quantitative estimate of drug-likeness (QED) is 0.729. The standard InChI is InChI=1S/C10H13N3S/c1-6-4-5-7(14-3)9-8(6)10(11)12-13(9)2/h4-5H,1-3H3,(H2,11,12). The van der Waals surface area contributed by atoms with Gasteiger partial charge in [-0.25, -0.2) is 0 Å². The van der Waals surface area contributed by atoms with E-state index in [0.29, 0.717) is 5.82 Å². The normalized spacial score (nSPS) is 11.1. The van der Waals surface area contributed by atoms with Crippen LogP contribution in [0.1, 0.15) is 5.56 Å². The van der Waals surface area contributed by atoms with Gasteiger partial charge in [0, 0.05) is 17.3 Å². The summed E-state index contributed by atoms with van der Waals surface area (Å²) >= 11 is 1.72. The Hall–Kier alpha value is -1.16. The van der Waals surface area contributed by atoms with Gasteiger partial charge in [0.2, 0.25) is 0 Å². The molecule has 14 heavy (non-hydrogen) atoms. The van der Waals surface area contributed by atoms with Gasteiger partial charge in [0.1, 0.15) is 0 Å². The van der Waals surface area contributed by atoms with Gasteiger partial charge in [0.05, 0.1) is 5.52 Å². The van der Waals surface area contributed by atoms with Crippen LogP contribution in [-0.4, -0.2) is 16.0 Å². The fourth-order valence-electron chi connectivity index (χ4n) is 1.74. The molecule has 0 aliphatic heterocycles. The summed E-state index contributed by atoms with van der Waals surface area (Å²) in [6, 6.07) is 4.20. The van der Waals surface area contributed by atoms with Crippen molar-refractivity contribution in [2.75, 3.05) is 12.0 Å². The maximum absolute atomic E-state index is 5.86. The monoisotopic (exact) mass is 207 g/mol. The third kappa shape index (κ3) is 1.18. The zero-order chi connectivity index (χ0) is 10.3. The number of thioether (sulfide) groups is 1.